The van der Waals surface area contributed by atoms with Gasteiger partial charge in [0.25, 0.3) is 0 Å². The molecular formula is C16H15ClFNOS. The van der Waals surface area contributed by atoms with Gasteiger partial charge in [-0.15, -0.1) is 11.8 Å². The number of hydrogen-bond donors (Lipinski definition) is 1. The summed E-state index contributed by atoms with van der Waals surface area (Å²) in [5.74, 6) is 0.583. The number of amides is 1. The Kier molecular flexibility index (Phi) is 5.65. The van der Waals surface area contributed by atoms with Gasteiger partial charge >= 0.3 is 0 Å². The minimum Gasteiger partial charge on any atom is -0.325 e. The van der Waals surface area contributed by atoms with Gasteiger partial charge in [0, 0.05) is 16.5 Å². The molecule has 0 aliphatic heterocycles. The molecule has 0 radical (unpaired) electrons. The van der Waals surface area contributed by atoms with Crippen LogP contribution in [0.25, 0.3) is 0 Å². The van der Waals surface area contributed by atoms with Crippen LogP contribution >= 0.6 is 23.4 Å². The zero-order valence-corrected chi connectivity index (χ0v) is 13.1. The van der Waals surface area contributed by atoms with E-state index in [4.69, 9.17) is 11.6 Å². The van der Waals surface area contributed by atoms with Crippen molar-refractivity contribution in [2.45, 2.75) is 12.7 Å². The summed E-state index contributed by atoms with van der Waals surface area (Å²) in [7, 11) is 0. The first-order chi connectivity index (χ1) is 10.0. The van der Waals surface area contributed by atoms with E-state index in [0.717, 1.165) is 16.8 Å². The van der Waals surface area contributed by atoms with Gasteiger partial charge in [0.05, 0.1) is 5.75 Å². The molecular weight excluding hydrogens is 309 g/mol. The molecule has 0 unspecified atom stereocenters. The quantitative estimate of drug-likeness (QED) is 0.867. The van der Waals surface area contributed by atoms with Gasteiger partial charge in [-0.3, -0.25) is 4.79 Å². The van der Waals surface area contributed by atoms with Gasteiger partial charge in [0.2, 0.25) is 5.91 Å². The monoisotopic (exact) mass is 323 g/mol. The van der Waals surface area contributed by atoms with E-state index in [1.54, 1.807) is 24.3 Å². The van der Waals surface area contributed by atoms with E-state index < -0.39 is 0 Å². The normalized spacial score (nSPS) is 10.4. The first-order valence-electron chi connectivity index (χ1n) is 6.43. The van der Waals surface area contributed by atoms with E-state index in [0.29, 0.717) is 16.5 Å². The third kappa shape index (κ3) is 5.06. The van der Waals surface area contributed by atoms with Crippen molar-refractivity contribution in [3.63, 3.8) is 0 Å². The van der Waals surface area contributed by atoms with Gasteiger partial charge in [-0.25, -0.2) is 4.39 Å². The van der Waals surface area contributed by atoms with Crippen molar-refractivity contribution in [1.29, 1.82) is 0 Å². The fourth-order valence-electron chi connectivity index (χ4n) is 1.84. The average Bonchev–Trinajstić information content (AvgIpc) is 2.42. The highest BCUT2D eigenvalue weighted by Gasteiger charge is 2.06. The van der Waals surface area contributed by atoms with E-state index in [1.165, 1.54) is 23.9 Å². The van der Waals surface area contributed by atoms with Crippen LogP contribution in [0.2, 0.25) is 5.02 Å². The molecule has 0 saturated carbocycles. The predicted molar refractivity (Wildman–Crippen MR) is 87.4 cm³/mol. The summed E-state index contributed by atoms with van der Waals surface area (Å²) < 4.78 is 13.0. The Labute approximate surface area is 132 Å². The van der Waals surface area contributed by atoms with Crippen molar-refractivity contribution < 1.29 is 9.18 Å². The molecule has 0 aliphatic rings. The minimum atomic E-state index is -0.255. The number of carbonyl (C=O) groups is 1. The van der Waals surface area contributed by atoms with Crippen molar-refractivity contribution in [1.82, 2.24) is 0 Å². The van der Waals surface area contributed by atoms with Gasteiger partial charge in [0.1, 0.15) is 5.82 Å². The first kappa shape index (κ1) is 15.9. The summed E-state index contributed by atoms with van der Waals surface area (Å²) in [6.07, 6.45) is 0. The topological polar surface area (TPSA) is 29.1 Å². The lowest BCUT2D eigenvalue weighted by atomic mass is 10.2. The van der Waals surface area contributed by atoms with Crippen LogP contribution in [-0.2, 0) is 10.5 Å². The number of halogens is 2. The maximum atomic E-state index is 13.0. The Hall–Kier alpha value is -1.52. The van der Waals surface area contributed by atoms with Crippen LogP contribution in [0.4, 0.5) is 10.1 Å². The third-order valence-electron chi connectivity index (χ3n) is 2.85. The summed E-state index contributed by atoms with van der Waals surface area (Å²) in [5, 5.41) is 3.49. The van der Waals surface area contributed by atoms with E-state index in [1.807, 2.05) is 13.0 Å². The molecule has 2 aromatic rings. The number of aryl methyl sites for hydroxylation is 1. The summed E-state index contributed by atoms with van der Waals surface area (Å²) in [6, 6.07) is 11.7. The molecule has 0 spiro atoms. The van der Waals surface area contributed by atoms with Crippen molar-refractivity contribution >= 4 is 35.0 Å². The number of benzene rings is 2. The summed E-state index contributed by atoms with van der Waals surface area (Å²) in [4.78, 5) is 11.9. The lowest BCUT2D eigenvalue weighted by Crippen LogP contribution is -2.14. The van der Waals surface area contributed by atoms with Crippen LogP contribution in [-0.4, -0.2) is 11.7 Å². The highest BCUT2D eigenvalue weighted by Crippen LogP contribution is 2.20. The molecule has 0 saturated heterocycles. The minimum absolute atomic E-state index is 0.0816. The molecule has 1 N–H and O–H groups in total. The molecule has 0 aliphatic carbocycles. The number of hydrogen-bond acceptors (Lipinski definition) is 2. The smallest absolute Gasteiger partial charge is 0.234 e. The van der Waals surface area contributed by atoms with Crippen LogP contribution in [0.5, 0.6) is 0 Å². The zero-order valence-electron chi connectivity index (χ0n) is 11.5. The number of rotatable bonds is 5. The number of thioether (sulfide) groups is 1. The third-order valence-corrected chi connectivity index (χ3v) is 4.09. The molecule has 1 amide bonds. The van der Waals surface area contributed by atoms with E-state index >= 15 is 0 Å². The van der Waals surface area contributed by atoms with Gasteiger partial charge in [-0.2, -0.15) is 0 Å². The predicted octanol–water partition coefficient (Wildman–Crippen LogP) is 4.66. The van der Waals surface area contributed by atoms with Crippen molar-refractivity contribution in [3.05, 3.63) is 64.4 Å². The molecule has 5 heteroatoms. The fourth-order valence-corrected chi connectivity index (χ4v) is 2.84. The Balaban J connectivity index is 1.82. The molecule has 0 atom stereocenters. The molecule has 2 aromatic carbocycles. The van der Waals surface area contributed by atoms with Crippen LogP contribution < -0.4 is 5.32 Å². The van der Waals surface area contributed by atoms with E-state index in [9.17, 15) is 9.18 Å². The Morgan fingerprint density at radius 3 is 2.81 bits per heavy atom. The second-order valence-electron chi connectivity index (χ2n) is 4.63. The largest absolute Gasteiger partial charge is 0.325 e. The van der Waals surface area contributed by atoms with E-state index in [2.05, 4.69) is 5.32 Å². The molecule has 2 rings (SSSR count). The number of carbonyl (C=O) groups excluding carboxylic acids is 1. The number of anilines is 1. The van der Waals surface area contributed by atoms with Crippen LogP contribution in [0.15, 0.2) is 42.5 Å². The van der Waals surface area contributed by atoms with Gasteiger partial charge in [-0.1, -0.05) is 23.7 Å². The van der Waals surface area contributed by atoms with Gasteiger partial charge in [0.15, 0.2) is 0 Å². The zero-order chi connectivity index (χ0) is 15.2. The second kappa shape index (κ2) is 7.48. The van der Waals surface area contributed by atoms with Crippen molar-refractivity contribution in [2.75, 3.05) is 11.1 Å². The Morgan fingerprint density at radius 1 is 1.29 bits per heavy atom. The fraction of sp³-hybridized carbons (Fsp3) is 0.188. The molecule has 0 heterocycles. The molecule has 0 aromatic heterocycles. The molecule has 21 heavy (non-hydrogen) atoms. The second-order valence-corrected chi connectivity index (χ2v) is 6.05. The van der Waals surface area contributed by atoms with Gasteiger partial charge in [-0.05, 0) is 48.4 Å². The summed E-state index contributed by atoms with van der Waals surface area (Å²) >= 11 is 7.32. The molecule has 0 fully saturated rings. The highest BCUT2D eigenvalue weighted by atomic mass is 35.5. The SMILES string of the molecule is Cc1cc(Cl)ccc1NC(=O)CSCc1cccc(F)c1. The summed E-state index contributed by atoms with van der Waals surface area (Å²) in [5.41, 5.74) is 2.55. The molecule has 0 bridgehead atoms. The van der Waals surface area contributed by atoms with Crippen LogP contribution in [0, 0.1) is 12.7 Å². The maximum absolute atomic E-state index is 13.0. The lowest BCUT2D eigenvalue weighted by molar-refractivity contribution is -0.113. The van der Waals surface area contributed by atoms with Crippen molar-refractivity contribution in [3.8, 4) is 0 Å². The average molecular weight is 324 g/mol. The molecule has 2 nitrogen and oxygen atoms in total. The lowest BCUT2D eigenvalue weighted by Gasteiger charge is -2.08. The van der Waals surface area contributed by atoms with Crippen LogP contribution in [0.3, 0.4) is 0 Å². The molecule has 110 valence electrons. The van der Waals surface area contributed by atoms with Crippen LogP contribution in [0.1, 0.15) is 11.1 Å². The Bertz CT molecular complexity index is 648. The van der Waals surface area contributed by atoms with Gasteiger partial charge < -0.3 is 5.32 Å². The summed E-state index contributed by atoms with van der Waals surface area (Å²) in [6.45, 7) is 1.89. The standard InChI is InChI=1S/C16H15ClFNOS/c1-11-7-13(17)5-6-15(11)19-16(20)10-21-9-12-3-2-4-14(18)8-12/h2-8H,9-10H2,1H3,(H,19,20). The highest BCUT2D eigenvalue weighted by molar-refractivity contribution is 7.99. The van der Waals surface area contributed by atoms with E-state index in [-0.39, 0.29) is 11.7 Å². The maximum Gasteiger partial charge on any atom is 0.234 e. The number of nitrogens with one attached hydrogen (secondary N) is 1. The Morgan fingerprint density at radius 2 is 2.10 bits per heavy atom. The van der Waals surface area contributed by atoms with Crippen molar-refractivity contribution in [2.24, 2.45) is 0 Å². The first-order valence-corrected chi connectivity index (χ1v) is 7.96.